The summed E-state index contributed by atoms with van der Waals surface area (Å²) in [6.07, 6.45) is 42.0. The topological polar surface area (TPSA) is 69.7 Å². The molecule has 0 spiro atoms. The van der Waals surface area contributed by atoms with Crippen molar-refractivity contribution in [2.24, 2.45) is 0 Å². The van der Waals surface area contributed by atoms with Crippen molar-refractivity contribution < 1.29 is 26.7 Å². The molecule has 0 bridgehead atoms. The Kier molecular flexibility index (Phi) is 41.4. The maximum Gasteiger partial charge on any atom is 2.00 e. The minimum absolute atomic E-state index is 0. The summed E-state index contributed by atoms with van der Waals surface area (Å²) in [6, 6.07) is 0. The Morgan fingerprint density at radius 2 is 0.696 bits per heavy atom. The average molecular weight is 661 g/mol. The van der Waals surface area contributed by atoms with Gasteiger partial charge in [0.05, 0.1) is 6.61 Å². The summed E-state index contributed by atoms with van der Waals surface area (Å²) in [5, 5.41) is 0. The fraction of sp³-hybridized carbons (Fsp3) is 0.875. The van der Waals surface area contributed by atoms with E-state index in [0.717, 1.165) is 44.3 Å². The Morgan fingerprint density at radius 1 is 0.413 bits per heavy atom. The molecule has 0 saturated heterocycles. The van der Waals surface area contributed by atoms with E-state index in [-0.39, 0.29) is 32.3 Å². The first-order chi connectivity index (χ1) is 22.1. The molecule has 0 N–H and O–H groups in total. The molecule has 0 atom stereocenters. The number of hydrogen-bond acceptors (Lipinski definition) is 5. The molecule has 0 heterocycles. The van der Waals surface area contributed by atoms with E-state index in [1.165, 1.54) is 167 Å². The summed E-state index contributed by atoms with van der Waals surface area (Å²) < 4.78 is 9.94. The zero-order valence-electron chi connectivity index (χ0n) is 32.7. The minimum Gasteiger partial charge on any atom is -1.00 e. The first kappa shape index (κ1) is 47.2. The van der Waals surface area contributed by atoms with Crippen LogP contribution in [-0.2, 0) is 23.9 Å². The van der Waals surface area contributed by atoms with Gasteiger partial charge in [0, 0.05) is 18.6 Å². The summed E-state index contributed by atoms with van der Waals surface area (Å²) in [7, 11) is 0. The molecule has 0 aliphatic carbocycles. The molecule has 0 aromatic carbocycles. The standard InChI is InChI=1S/C40H74O5.Mg.2H/c1-3-5-7-9-11-13-15-17-19-21-23-25-27-29-31-33-37-44-38(41)35-36-40(43)45-39(42)34-32-30-28-26-24-22-20-18-16-14-12-10-8-6-4-2;;;/h35-36H,3-34,37H2,1-2H3;;;/q;+2;2*-1/b36-35+;;;. The zero-order chi connectivity index (χ0) is 32.9. The SMILES string of the molecule is CCCCCCCCCCCCCCCCCCOC(=O)/C=C/C(=O)OC(=O)CCCCCCCCCCCCCCCCC.[H-].[H-].[Mg+2]. The van der Waals surface area contributed by atoms with Crippen LogP contribution < -0.4 is 0 Å². The van der Waals surface area contributed by atoms with Crippen molar-refractivity contribution >= 4 is 41.0 Å². The van der Waals surface area contributed by atoms with Crippen molar-refractivity contribution in [3.63, 3.8) is 0 Å². The van der Waals surface area contributed by atoms with E-state index >= 15 is 0 Å². The number of ether oxygens (including phenoxy) is 2. The third-order valence-corrected chi connectivity index (χ3v) is 8.80. The van der Waals surface area contributed by atoms with E-state index < -0.39 is 17.9 Å². The third kappa shape index (κ3) is 39.3. The average Bonchev–Trinajstić information content (AvgIpc) is 3.03. The van der Waals surface area contributed by atoms with Gasteiger partial charge in [0.15, 0.2) is 0 Å². The molecule has 46 heavy (non-hydrogen) atoms. The number of rotatable bonds is 35. The van der Waals surface area contributed by atoms with Crippen LogP contribution >= 0.6 is 0 Å². The minimum atomic E-state index is -0.805. The zero-order valence-corrected chi connectivity index (χ0v) is 32.2. The Labute approximate surface area is 304 Å². The van der Waals surface area contributed by atoms with E-state index in [1.54, 1.807) is 0 Å². The van der Waals surface area contributed by atoms with Crippen molar-refractivity contribution in [1.82, 2.24) is 0 Å². The number of esters is 3. The molecule has 0 aliphatic rings. The molecule has 0 aromatic rings. The Hall–Kier alpha value is -0.884. The van der Waals surface area contributed by atoms with Crippen LogP contribution in [0.2, 0.25) is 0 Å². The van der Waals surface area contributed by atoms with Gasteiger partial charge in [-0.3, -0.25) is 4.79 Å². The molecular weight excluding hydrogens is 585 g/mol. The second kappa shape index (κ2) is 40.3. The van der Waals surface area contributed by atoms with Crippen LogP contribution in [0, 0.1) is 0 Å². The van der Waals surface area contributed by atoms with Gasteiger partial charge in [-0.2, -0.15) is 0 Å². The maximum atomic E-state index is 11.9. The van der Waals surface area contributed by atoms with Gasteiger partial charge in [-0.15, -0.1) is 0 Å². The fourth-order valence-corrected chi connectivity index (χ4v) is 5.85. The molecule has 0 fully saturated rings. The van der Waals surface area contributed by atoms with Gasteiger partial charge >= 0.3 is 41.0 Å². The van der Waals surface area contributed by atoms with Crippen LogP contribution in [0.1, 0.15) is 222 Å². The summed E-state index contributed by atoms with van der Waals surface area (Å²) in [5.41, 5.74) is 0. The molecule has 0 saturated carbocycles. The first-order valence-corrected chi connectivity index (χ1v) is 19.7. The van der Waals surface area contributed by atoms with Gasteiger partial charge in [-0.1, -0.05) is 200 Å². The molecule has 0 radical (unpaired) electrons. The second-order valence-electron chi connectivity index (χ2n) is 13.3. The normalized spacial score (nSPS) is 11.1. The molecular formula is C40H76MgO5. The molecule has 0 aromatic heterocycles. The quantitative estimate of drug-likeness (QED) is 0.0222. The predicted molar refractivity (Wildman–Crippen MR) is 198 cm³/mol. The number of hydrogen-bond donors (Lipinski definition) is 0. The van der Waals surface area contributed by atoms with E-state index in [1.807, 2.05) is 0 Å². The van der Waals surface area contributed by atoms with Crippen LogP contribution in [0.25, 0.3) is 0 Å². The van der Waals surface area contributed by atoms with E-state index in [2.05, 4.69) is 13.8 Å². The number of carbonyl (C=O) groups is 3. The largest absolute Gasteiger partial charge is 2.00 e. The number of carbonyl (C=O) groups excluding carboxylic acids is 3. The van der Waals surface area contributed by atoms with Gasteiger partial charge < -0.3 is 12.3 Å². The van der Waals surface area contributed by atoms with Gasteiger partial charge in [0.25, 0.3) is 0 Å². The summed E-state index contributed by atoms with van der Waals surface area (Å²) in [4.78, 5) is 35.5. The van der Waals surface area contributed by atoms with Gasteiger partial charge in [0.2, 0.25) is 0 Å². The molecule has 5 nitrogen and oxygen atoms in total. The van der Waals surface area contributed by atoms with E-state index in [4.69, 9.17) is 9.47 Å². The van der Waals surface area contributed by atoms with Crippen LogP contribution in [-0.4, -0.2) is 47.6 Å². The Bertz CT molecular complexity index is 705. The fourth-order valence-electron chi connectivity index (χ4n) is 5.85. The molecule has 268 valence electrons. The van der Waals surface area contributed by atoms with Crippen LogP contribution in [0.4, 0.5) is 0 Å². The van der Waals surface area contributed by atoms with E-state index in [9.17, 15) is 14.4 Å². The van der Waals surface area contributed by atoms with Crippen LogP contribution in [0.5, 0.6) is 0 Å². The van der Waals surface area contributed by atoms with Gasteiger partial charge in [0.1, 0.15) is 0 Å². The Morgan fingerprint density at radius 3 is 1.04 bits per heavy atom. The molecule has 0 unspecified atom stereocenters. The summed E-state index contributed by atoms with van der Waals surface area (Å²) in [5.74, 6) is -1.90. The molecule has 0 amide bonds. The van der Waals surface area contributed by atoms with Crippen LogP contribution in [0.15, 0.2) is 12.2 Å². The molecule has 0 aliphatic heterocycles. The smallest absolute Gasteiger partial charge is 1.00 e. The van der Waals surface area contributed by atoms with Gasteiger partial charge in [-0.05, 0) is 12.8 Å². The number of unbranched alkanes of at least 4 members (excludes halogenated alkanes) is 29. The Balaban J connectivity index is -0.00000323. The van der Waals surface area contributed by atoms with Crippen LogP contribution in [0.3, 0.4) is 0 Å². The predicted octanol–water partition coefficient (Wildman–Crippen LogP) is 12.5. The monoisotopic (exact) mass is 661 g/mol. The van der Waals surface area contributed by atoms with Crippen molar-refractivity contribution in [1.29, 1.82) is 0 Å². The first-order valence-electron chi connectivity index (χ1n) is 19.7. The van der Waals surface area contributed by atoms with Crippen molar-refractivity contribution in [3.8, 4) is 0 Å². The second-order valence-corrected chi connectivity index (χ2v) is 13.3. The summed E-state index contributed by atoms with van der Waals surface area (Å²) in [6.45, 7) is 4.89. The van der Waals surface area contributed by atoms with Gasteiger partial charge in [-0.25, -0.2) is 9.59 Å². The molecule has 0 rings (SSSR count). The maximum absolute atomic E-state index is 11.9. The third-order valence-electron chi connectivity index (χ3n) is 8.80. The van der Waals surface area contributed by atoms with Crippen molar-refractivity contribution in [2.75, 3.05) is 6.61 Å². The summed E-state index contributed by atoms with van der Waals surface area (Å²) >= 11 is 0. The van der Waals surface area contributed by atoms with Crippen molar-refractivity contribution in [2.45, 2.75) is 219 Å². The van der Waals surface area contributed by atoms with E-state index in [0.29, 0.717) is 6.61 Å². The molecule has 6 heteroatoms. The van der Waals surface area contributed by atoms with Crippen molar-refractivity contribution in [3.05, 3.63) is 12.2 Å².